The lowest BCUT2D eigenvalue weighted by Crippen LogP contribution is -2.46. The number of carbonyl (C=O) groups is 1. The van der Waals surface area contributed by atoms with Crippen molar-refractivity contribution in [1.29, 1.82) is 0 Å². The highest BCUT2D eigenvalue weighted by molar-refractivity contribution is 7.90. The van der Waals surface area contributed by atoms with Crippen LogP contribution >= 0.6 is 23.6 Å². The van der Waals surface area contributed by atoms with E-state index in [1.54, 1.807) is 0 Å². The van der Waals surface area contributed by atoms with Crippen LogP contribution in [0.15, 0.2) is 11.0 Å². The lowest BCUT2D eigenvalue weighted by atomic mass is 9.94. The van der Waals surface area contributed by atoms with Crippen LogP contribution in [-0.2, 0) is 34.7 Å². The maximum atomic E-state index is 13.5. The van der Waals surface area contributed by atoms with Crippen molar-refractivity contribution in [3.63, 3.8) is 0 Å². The third-order valence-corrected chi connectivity index (χ3v) is 9.88. The van der Waals surface area contributed by atoms with Crippen LogP contribution in [0.3, 0.4) is 0 Å². The number of hydrogen-bond acceptors (Lipinski definition) is 7. The molecule has 2 saturated carbocycles. The van der Waals surface area contributed by atoms with Crippen LogP contribution in [0.2, 0.25) is 0 Å². The molecule has 3 aliphatic rings. The Kier molecular flexibility index (Phi) is 7.59. The molecule has 2 heterocycles. The lowest BCUT2D eigenvalue weighted by Gasteiger charge is -2.25. The molecule has 5 N–H and O–H groups in total. The second-order valence-electron chi connectivity index (χ2n) is 9.85. The summed E-state index contributed by atoms with van der Waals surface area (Å²) in [6.07, 6.45) is -0.268. The highest BCUT2D eigenvalue weighted by Gasteiger charge is 2.44. The van der Waals surface area contributed by atoms with Crippen molar-refractivity contribution in [3.05, 3.63) is 22.2 Å². The predicted octanol–water partition coefficient (Wildman–Crippen LogP) is 2.75. The summed E-state index contributed by atoms with van der Waals surface area (Å²) in [7, 11) is -2.41. The van der Waals surface area contributed by atoms with E-state index in [-0.39, 0.29) is 39.0 Å². The van der Waals surface area contributed by atoms with Gasteiger partial charge in [0.15, 0.2) is 5.11 Å². The molecule has 2 aromatic rings. The Hall–Kier alpha value is -2.43. The number of rotatable bonds is 10. The van der Waals surface area contributed by atoms with E-state index in [0.717, 1.165) is 17.7 Å². The SMILES string of the molecule is Cn1nc(C(F)F)cc1NNC(=S)N[C@H]1CCc2sc(NC(=O)[C@H]3C[C@@H]3F)c(S(=O)(=O)NCC3CC3)c2C1. The van der Waals surface area contributed by atoms with Gasteiger partial charge in [-0.05, 0) is 62.2 Å². The van der Waals surface area contributed by atoms with Gasteiger partial charge in [0, 0.05) is 30.6 Å². The van der Waals surface area contributed by atoms with E-state index < -0.39 is 34.4 Å². The number of aryl methyl sites for hydroxylation is 2. The molecular formula is C22H28F3N7O3S3. The monoisotopic (exact) mass is 591 g/mol. The zero-order valence-electron chi connectivity index (χ0n) is 20.4. The standard InChI is InChI=1S/C22H28F3N7O3S3/c1-32-17(8-15(31-32)19(24)25)29-30-22(36)27-11-4-5-16-13(6-11)18(38(34,35)26-9-10-2-3-10)21(37-16)28-20(33)12-7-14(12)23/h8,10-12,14,19,26,29H,2-7,9H2,1H3,(H,28,33)(H2,27,30,36)/t11-,12-,14-/m0/s1. The summed E-state index contributed by atoms with van der Waals surface area (Å²) in [4.78, 5) is 13.4. The minimum atomic E-state index is -3.92. The van der Waals surface area contributed by atoms with Gasteiger partial charge in [0.2, 0.25) is 15.9 Å². The zero-order chi connectivity index (χ0) is 27.2. The molecule has 3 aliphatic carbocycles. The number of amides is 1. The molecule has 5 rings (SSSR count). The van der Waals surface area contributed by atoms with Crippen LogP contribution in [-0.4, -0.2) is 48.0 Å². The summed E-state index contributed by atoms with van der Waals surface area (Å²) in [5.41, 5.74) is 5.72. The number of nitrogens with one attached hydrogen (secondary N) is 5. The number of carbonyl (C=O) groups excluding carboxylic acids is 1. The van der Waals surface area contributed by atoms with Gasteiger partial charge in [0.25, 0.3) is 6.43 Å². The van der Waals surface area contributed by atoms with Crippen molar-refractivity contribution in [2.75, 3.05) is 17.3 Å². The number of nitrogens with zero attached hydrogens (tertiary/aromatic N) is 2. The van der Waals surface area contributed by atoms with Crippen molar-refractivity contribution in [3.8, 4) is 0 Å². The van der Waals surface area contributed by atoms with Crippen LogP contribution < -0.4 is 26.2 Å². The van der Waals surface area contributed by atoms with Crippen LogP contribution in [0.4, 0.5) is 24.0 Å². The third kappa shape index (κ3) is 6.07. The molecular weight excluding hydrogens is 563 g/mol. The Morgan fingerprint density at radius 1 is 1.32 bits per heavy atom. The minimum Gasteiger partial charge on any atom is -0.358 e. The van der Waals surface area contributed by atoms with Crippen molar-refractivity contribution in [1.82, 2.24) is 25.2 Å². The number of fused-ring (bicyclic) bond motifs is 1. The van der Waals surface area contributed by atoms with Gasteiger partial charge in [-0.15, -0.1) is 11.3 Å². The largest absolute Gasteiger partial charge is 0.358 e. The average molecular weight is 592 g/mol. The Labute approximate surface area is 227 Å². The third-order valence-electron chi connectivity index (χ3n) is 6.79. The molecule has 2 fully saturated rings. The lowest BCUT2D eigenvalue weighted by molar-refractivity contribution is -0.117. The van der Waals surface area contributed by atoms with E-state index >= 15 is 0 Å². The Bertz CT molecular complexity index is 1340. The van der Waals surface area contributed by atoms with Crippen molar-refractivity contribution in [2.24, 2.45) is 18.9 Å². The normalized spacial score (nSPS) is 22.6. The number of hydrogen-bond donors (Lipinski definition) is 5. The van der Waals surface area contributed by atoms with Crippen LogP contribution in [0.25, 0.3) is 0 Å². The van der Waals surface area contributed by atoms with Crippen molar-refractivity contribution >= 4 is 55.4 Å². The van der Waals surface area contributed by atoms with E-state index in [9.17, 15) is 26.4 Å². The highest BCUT2D eigenvalue weighted by Crippen LogP contribution is 2.43. The fourth-order valence-corrected chi connectivity index (χ4v) is 7.67. The first-order chi connectivity index (χ1) is 18.0. The van der Waals surface area contributed by atoms with E-state index in [2.05, 4.69) is 31.3 Å². The topological polar surface area (TPSA) is 129 Å². The Balaban J connectivity index is 1.28. The fourth-order valence-electron chi connectivity index (χ4n) is 4.36. The number of thiophene rings is 1. The summed E-state index contributed by atoms with van der Waals surface area (Å²) in [6, 6.07) is 0.981. The second kappa shape index (κ2) is 10.6. The number of sulfonamides is 1. The van der Waals surface area contributed by atoms with Crippen molar-refractivity contribution < 1.29 is 26.4 Å². The van der Waals surface area contributed by atoms with Gasteiger partial charge in [-0.2, -0.15) is 5.10 Å². The van der Waals surface area contributed by atoms with E-state index in [4.69, 9.17) is 12.2 Å². The maximum Gasteiger partial charge on any atom is 0.282 e. The van der Waals surface area contributed by atoms with Gasteiger partial charge in [0.1, 0.15) is 27.6 Å². The highest BCUT2D eigenvalue weighted by atomic mass is 32.2. The van der Waals surface area contributed by atoms with E-state index in [1.807, 2.05) is 0 Å². The summed E-state index contributed by atoms with van der Waals surface area (Å²) in [6.45, 7) is 0.332. The molecule has 2 aromatic heterocycles. The molecule has 10 nitrogen and oxygen atoms in total. The average Bonchev–Trinajstić information content (AvgIpc) is 3.75. The van der Waals surface area contributed by atoms with E-state index in [1.165, 1.54) is 29.1 Å². The first-order valence-electron chi connectivity index (χ1n) is 12.3. The van der Waals surface area contributed by atoms with Gasteiger partial charge in [-0.25, -0.2) is 26.3 Å². The van der Waals surface area contributed by atoms with Crippen molar-refractivity contribution in [2.45, 2.75) is 62.1 Å². The number of thiocarbonyl (C=S) groups is 1. The number of halogens is 3. The second-order valence-corrected chi connectivity index (χ2v) is 13.1. The first kappa shape index (κ1) is 27.1. The maximum absolute atomic E-state index is 13.5. The summed E-state index contributed by atoms with van der Waals surface area (Å²) >= 11 is 6.56. The molecule has 0 aliphatic heterocycles. The van der Waals surface area contributed by atoms with Gasteiger partial charge in [-0.3, -0.25) is 20.3 Å². The minimum absolute atomic E-state index is 0.0421. The Morgan fingerprint density at radius 3 is 2.68 bits per heavy atom. The molecule has 1 amide bonds. The van der Waals surface area contributed by atoms with Gasteiger partial charge in [-0.1, -0.05) is 0 Å². The molecule has 0 unspecified atom stereocenters. The van der Waals surface area contributed by atoms with Gasteiger partial charge in [0.05, 0.1) is 5.92 Å². The molecule has 38 heavy (non-hydrogen) atoms. The molecule has 0 aromatic carbocycles. The first-order valence-corrected chi connectivity index (χ1v) is 15.0. The molecule has 0 bridgehead atoms. The smallest absolute Gasteiger partial charge is 0.282 e. The summed E-state index contributed by atoms with van der Waals surface area (Å²) in [5, 5.41) is 9.94. The van der Waals surface area contributed by atoms with Crippen LogP contribution in [0.1, 0.15) is 48.2 Å². The number of alkyl halides is 3. The van der Waals surface area contributed by atoms with E-state index in [0.29, 0.717) is 37.3 Å². The molecule has 16 heteroatoms. The van der Waals surface area contributed by atoms with Gasteiger partial charge >= 0.3 is 0 Å². The summed E-state index contributed by atoms with van der Waals surface area (Å²) in [5.74, 6) is -0.649. The summed E-state index contributed by atoms with van der Waals surface area (Å²) < 4.78 is 69.9. The fraction of sp³-hybridized carbons (Fsp3) is 0.591. The molecule has 0 saturated heterocycles. The van der Waals surface area contributed by atoms with Crippen LogP contribution in [0, 0.1) is 11.8 Å². The molecule has 3 atom stereocenters. The number of hydrazine groups is 1. The number of aromatic nitrogens is 2. The molecule has 0 radical (unpaired) electrons. The molecule has 0 spiro atoms. The number of anilines is 2. The van der Waals surface area contributed by atoms with Crippen LogP contribution in [0.5, 0.6) is 0 Å². The predicted molar refractivity (Wildman–Crippen MR) is 140 cm³/mol. The zero-order valence-corrected chi connectivity index (χ0v) is 22.8. The quantitative estimate of drug-likeness (QED) is 0.211. The van der Waals surface area contributed by atoms with Gasteiger partial charge < -0.3 is 10.6 Å². The molecule has 208 valence electrons. The Morgan fingerprint density at radius 2 is 2.05 bits per heavy atom.